The number of amides is 1. The summed E-state index contributed by atoms with van der Waals surface area (Å²) in [5, 5.41) is 12.4. The highest BCUT2D eigenvalue weighted by atomic mass is 16.3. The molecule has 4 heteroatoms. The number of carbonyl (C=O) groups excluding carboxylic acids is 1. The molecule has 2 aliphatic heterocycles. The van der Waals surface area contributed by atoms with Crippen molar-refractivity contribution in [3.05, 3.63) is 0 Å². The molecule has 2 unspecified atom stereocenters. The van der Waals surface area contributed by atoms with E-state index in [1.807, 2.05) is 4.90 Å². The predicted octanol–water partition coefficient (Wildman–Crippen LogP) is 0.112. The van der Waals surface area contributed by atoms with Gasteiger partial charge in [0, 0.05) is 6.54 Å². The normalized spacial score (nSPS) is 31.9. The number of carbonyl (C=O) groups is 1. The van der Waals surface area contributed by atoms with Crippen LogP contribution in [0.25, 0.3) is 0 Å². The minimum atomic E-state index is 0.00546. The van der Waals surface area contributed by atoms with Crippen molar-refractivity contribution < 1.29 is 9.90 Å². The highest BCUT2D eigenvalue weighted by molar-refractivity contribution is 5.82. The second-order valence-electron chi connectivity index (χ2n) is 4.51. The van der Waals surface area contributed by atoms with Crippen LogP contribution in [0.15, 0.2) is 0 Å². The zero-order chi connectivity index (χ0) is 10.7. The molecule has 0 aromatic carbocycles. The number of hydrogen-bond donors (Lipinski definition) is 2. The molecule has 0 spiro atoms. The van der Waals surface area contributed by atoms with Crippen LogP contribution in [0.4, 0.5) is 0 Å². The molecule has 2 aliphatic rings. The van der Waals surface area contributed by atoms with Gasteiger partial charge in [-0.25, -0.2) is 0 Å². The molecule has 86 valence electrons. The number of nitrogens with zero attached hydrogens (tertiary/aromatic N) is 1. The summed E-state index contributed by atoms with van der Waals surface area (Å²) in [6.07, 6.45) is 5.25. The van der Waals surface area contributed by atoms with Gasteiger partial charge in [-0.3, -0.25) is 4.79 Å². The number of hydrogen-bond acceptors (Lipinski definition) is 3. The van der Waals surface area contributed by atoms with Crippen LogP contribution in [0, 0.1) is 0 Å². The average Bonchev–Trinajstić information content (AvgIpc) is 2.77. The molecule has 2 rings (SSSR count). The SMILES string of the molecule is O=C(C1CCCCN1)N1CCCC1CO. The van der Waals surface area contributed by atoms with Crippen LogP contribution >= 0.6 is 0 Å². The first-order chi connectivity index (χ1) is 7.33. The number of aliphatic hydroxyl groups excluding tert-OH is 1. The Hall–Kier alpha value is -0.610. The van der Waals surface area contributed by atoms with E-state index in [0.29, 0.717) is 0 Å². The van der Waals surface area contributed by atoms with Crippen molar-refractivity contribution in [2.75, 3.05) is 19.7 Å². The molecule has 2 heterocycles. The first kappa shape index (κ1) is 10.9. The van der Waals surface area contributed by atoms with Crippen molar-refractivity contribution in [1.82, 2.24) is 10.2 Å². The number of likely N-dealkylation sites (tertiary alicyclic amines) is 1. The molecule has 0 radical (unpaired) electrons. The maximum atomic E-state index is 12.1. The minimum absolute atomic E-state index is 0.00546. The average molecular weight is 212 g/mol. The standard InChI is InChI=1S/C11H20N2O2/c14-8-9-4-3-7-13(9)11(15)10-5-1-2-6-12-10/h9-10,12,14H,1-8H2. The molecular formula is C11H20N2O2. The van der Waals surface area contributed by atoms with Crippen molar-refractivity contribution in [3.8, 4) is 0 Å². The summed E-state index contributed by atoms with van der Waals surface area (Å²) in [6.45, 7) is 1.88. The molecule has 0 aromatic heterocycles. The van der Waals surface area contributed by atoms with Crippen LogP contribution in [0.1, 0.15) is 32.1 Å². The summed E-state index contributed by atoms with van der Waals surface area (Å²) >= 11 is 0. The van der Waals surface area contributed by atoms with E-state index in [0.717, 1.165) is 38.8 Å². The molecule has 0 saturated carbocycles. The summed E-state index contributed by atoms with van der Waals surface area (Å²) in [4.78, 5) is 14.0. The lowest BCUT2D eigenvalue weighted by Gasteiger charge is -2.30. The Bertz CT molecular complexity index is 227. The first-order valence-corrected chi connectivity index (χ1v) is 5.97. The molecule has 4 nitrogen and oxygen atoms in total. The van der Waals surface area contributed by atoms with E-state index in [2.05, 4.69) is 5.32 Å². The molecule has 2 N–H and O–H groups in total. The van der Waals surface area contributed by atoms with Crippen LogP contribution in [-0.4, -0.2) is 47.7 Å². The van der Waals surface area contributed by atoms with E-state index in [1.54, 1.807) is 0 Å². The topological polar surface area (TPSA) is 52.6 Å². The Morgan fingerprint density at radius 2 is 2.20 bits per heavy atom. The number of piperidine rings is 1. The molecule has 1 amide bonds. The van der Waals surface area contributed by atoms with Crippen molar-refractivity contribution in [2.24, 2.45) is 0 Å². The molecule has 0 aromatic rings. The van der Waals surface area contributed by atoms with Crippen LogP contribution in [-0.2, 0) is 4.79 Å². The zero-order valence-corrected chi connectivity index (χ0v) is 9.11. The van der Waals surface area contributed by atoms with Gasteiger partial charge in [0.1, 0.15) is 0 Å². The lowest BCUT2D eigenvalue weighted by atomic mass is 10.0. The molecule has 0 bridgehead atoms. The van der Waals surface area contributed by atoms with Crippen molar-refractivity contribution in [1.29, 1.82) is 0 Å². The van der Waals surface area contributed by atoms with E-state index in [1.165, 1.54) is 6.42 Å². The fourth-order valence-electron chi connectivity index (χ4n) is 2.58. The highest BCUT2D eigenvalue weighted by Gasteiger charge is 2.32. The summed E-state index contributed by atoms with van der Waals surface area (Å²) in [5.74, 6) is 0.200. The molecule has 15 heavy (non-hydrogen) atoms. The smallest absolute Gasteiger partial charge is 0.240 e. The van der Waals surface area contributed by atoms with Crippen LogP contribution in [0.2, 0.25) is 0 Å². The lowest BCUT2D eigenvalue weighted by Crippen LogP contribution is -2.50. The lowest BCUT2D eigenvalue weighted by molar-refractivity contribution is -0.135. The minimum Gasteiger partial charge on any atom is -0.394 e. The Balaban J connectivity index is 1.93. The van der Waals surface area contributed by atoms with Gasteiger partial charge in [0.25, 0.3) is 0 Å². The van der Waals surface area contributed by atoms with E-state index in [4.69, 9.17) is 5.11 Å². The highest BCUT2D eigenvalue weighted by Crippen LogP contribution is 2.19. The van der Waals surface area contributed by atoms with Crippen molar-refractivity contribution in [2.45, 2.75) is 44.2 Å². The maximum absolute atomic E-state index is 12.1. The number of aliphatic hydroxyl groups is 1. The number of nitrogens with one attached hydrogen (secondary N) is 1. The number of rotatable bonds is 2. The first-order valence-electron chi connectivity index (χ1n) is 5.97. The van der Waals surface area contributed by atoms with Gasteiger partial charge in [-0.1, -0.05) is 6.42 Å². The van der Waals surface area contributed by atoms with E-state index in [9.17, 15) is 4.79 Å². The monoisotopic (exact) mass is 212 g/mol. The van der Waals surface area contributed by atoms with Crippen LogP contribution < -0.4 is 5.32 Å². The largest absolute Gasteiger partial charge is 0.394 e. The van der Waals surface area contributed by atoms with Gasteiger partial charge in [0.2, 0.25) is 5.91 Å². The summed E-state index contributed by atoms with van der Waals surface area (Å²) < 4.78 is 0. The predicted molar refractivity (Wildman–Crippen MR) is 57.5 cm³/mol. The van der Waals surface area contributed by atoms with Crippen LogP contribution in [0.3, 0.4) is 0 Å². The van der Waals surface area contributed by atoms with Crippen LogP contribution in [0.5, 0.6) is 0 Å². The maximum Gasteiger partial charge on any atom is 0.240 e. The second kappa shape index (κ2) is 4.94. The van der Waals surface area contributed by atoms with Gasteiger partial charge in [0.15, 0.2) is 0 Å². The van der Waals surface area contributed by atoms with Gasteiger partial charge < -0.3 is 15.3 Å². The van der Waals surface area contributed by atoms with Gasteiger partial charge in [-0.2, -0.15) is 0 Å². The Kier molecular flexibility index (Phi) is 3.59. The van der Waals surface area contributed by atoms with E-state index in [-0.39, 0.29) is 24.6 Å². The van der Waals surface area contributed by atoms with Gasteiger partial charge in [-0.05, 0) is 32.2 Å². The molecular weight excluding hydrogens is 192 g/mol. The fourth-order valence-corrected chi connectivity index (χ4v) is 2.58. The third-order valence-electron chi connectivity index (χ3n) is 3.48. The van der Waals surface area contributed by atoms with Gasteiger partial charge >= 0.3 is 0 Å². The molecule has 2 fully saturated rings. The fraction of sp³-hybridized carbons (Fsp3) is 0.909. The Morgan fingerprint density at radius 3 is 2.87 bits per heavy atom. The molecule has 2 saturated heterocycles. The summed E-state index contributed by atoms with van der Waals surface area (Å²) in [5.41, 5.74) is 0. The quantitative estimate of drug-likeness (QED) is 0.683. The van der Waals surface area contributed by atoms with Crippen molar-refractivity contribution in [3.63, 3.8) is 0 Å². The third kappa shape index (κ3) is 2.32. The summed E-state index contributed by atoms with van der Waals surface area (Å²) in [7, 11) is 0. The van der Waals surface area contributed by atoms with E-state index >= 15 is 0 Å². The molecule has 0 aliphatic carbocycles. The van der Waals surface area contributed by atoms with E-state index < -0.39 is 0 Å². The zero-order valence-electron chi connectivity index (χ0n) is 9.11. The van der Waals surface area contributed by atoms with Gasteiger partial charge in [-0.15, -0.1) is 0 Å². The Labute approximate surface area is 90.6 Å². The van der Waals surface area contributed by atoms with Crippen molar-refractivity contribution >= 4 is 5.91 Å². The molecule has 2 atom stereocenters. The second-order valence-corrected chi connectivity index (χ2v) is 4.51. The Morgan fingerprint density at radius 1 is 1.33 bits per heavy atom. The van der Waals surface area contributed by atoms with Gasteiger partial charge in [0.05, 0.1) is 18.7 Å². The summed E-state index contributed by atoms with van der Waals surface area (Å²) in [6, 6.07) is 0.0760. The third-order valence-corrected chi connectivity index (χ3v) is 3.48.